The maximum Gasteiger partial charge on any atom is 0.229 e. The van der Waals surface area contributed by atoms with E-state index >= 15 is 0 Å². The van der Waals surface area contributed by atoms with Crippen LogP contribution in [0.5, 0.6) is 0 Å². The molecular weight excluding hydrogens is 220 g/mol. The van der Waals surface area contributed by atoms with Gasteiger partial charge in [0.2, 0.25) is 5.91 Å². The topological polar surface area (TPSA) is 64.1 Å². The lowest BCUT2D eigenvalue weighted by molar-refractivity contribution is -0.115. The van der Waals surface area contributed by atoms with E-state index < -0.39 is 0 Å². The Bertz CT molecular complexity index is 426. The van der Waals surface area contributed by atoms with Crippen LogP contribution in [0.1, 0.15) is 4.88 Å². The van der Waals surface area contributed by atoms with E-state index in [1.807, 2.05) is 47.8 Å². The standard InChI is InChI=1S/C12H11NOS.H3N/c14-12(9-11-7-4-8-15-11)13-10-5-2-1-3-6-10;/h1-8H,9H2,(H,13,14);1H3. The summed E-state index contributed by atoms with van der Waals surface area (Å²) in [5.74, 6) is 0.0312. The third kappa shape index (κ3) is 3.49. The molecule has 0 spiro atoms. The second-order valence-corrected chi connectivity index (χ2v) is 4.20. The molecule has 0 atom stereocenters. The average Bonchev–Trinajstić information content (AvgIpc) is 2.71. The normalized spacial score (nSPS) is 9.25. The first-order valence-corrected chi connectivity index (χ1v) is 5.60. The first-order valence-electron chi connectivity index (χ1n) is 4.72. The van der Waals surface area contributed by atoms with Gasteiger partial charge >= 0.3 is 0 Å². The summed E-state index contributed by atoms with van der Waals surface area (Å²) in [5, 5.41) is 4.83. The molecule has 1 aromatic carbocycles. The Morgan fingerprint density at radius 1 is 1.12 bits per heavy atom. The third-order valence-electron chi connectivity index (χ3n) is 1.97. The van der Waals surface area contributed by atoms with Crippen molar-refractivity contribution in [2.45, 2.75) is 6.42 Å². The van der Waals surface area contributed by atoms with Gasteiger partial charge in [0.1, 0.15) is 0 Å². The fourth-order valence-corrected chi connectivity index (χ4v) is 2.00. The minimum absolute atomic E-state index is 0. The Morgan fingerprint density at radius 2 is 1.88 bits per heavy atom. The second kappa shape index (κ2) is 6.05. The van der Waals surface area contributed by atoms with Crippen molar-refractivity contribution in [3.8, 4) is 0 Å². The lowest BCUT2D eigenvalue weighted by atomic mass is 10.3. The lowest BCUT2D eigenvalue weighted by Gasteiger charge is -2.02. The fourth-order valence-electron chi connectivity index (χ4n) is 1.30. The number of hydrogen-bond donors (Lipinski definition) is 2. The molecular formula is C12H14N2OS. The summed E-state index contributed by atoms with van der Waals surface area (Å²) in [6.45, 7) is 0. The number of nitrogens with one attached hydrogen (secondary N) is 1. The molecule has 0 unspecified atom stereocenters. The highest BCUT2D eigenvalue weighted by Gasteiger charge is 2.03. The number of thiophene rings is 1. The van der Waals surface area contributed by atoms with Gasteiger partial charge in [0, 0.05) is 10.6 Å². The molecule has 0 saturated carbocycles. The minimum atomic E-state index is 0. The molecule has 0 bridgehead atoms. The van der Waals surface area contributed by atoms with Crippen LogP contribution in [0.2, 0.25) is 0 Å². The Balaban J connectivity index is 0.00000128. The minimum Gasteiger partial charge on any atom is -0.344 e. The van der Waals surface area contributed by atoms with Gasteiger partial charge in [-0.25, -0.2) is 0 Å². The van der Waals surface area contributed by atoms with Crippen molar-refractivity contribution in [3.63, 3.8) is 0 Å². The predicted octanol–water partition coefficient (Wildman–Crippen LogP) is 3.09. The van der Waals surface area contributed by atoms with Crippen LogP contribution >= 0.6 is 11.3 Å². The molecule has 3 nitrogen and oxygen atoms in total. The first kappa shape index (κ1) is 12.4. The zero-order chi connectivity index (χ0) is 10.5. The molecule has 4 heteroatoms. The fraction of sp³-hybridized carbons (Fsp3) is 0.0833. The van der Waals surface area contributed by atoms with Gasteiger partial charge in [0.15, 0.2) is 0 Å². The van der Waals surface area contributed by atoms with Crippen LogP contribution in [0.4, 0.5) is 5.69 Å². The van der Waals surface area contributed by atoms with Crippen molar-refractivity contribution in [1.82, 2.24) is 6.15 Å². The number of benzene rings is 1. The average molecular weight is 234 g/mol. The van der Waals surface area contributed by atoms with E-state index in [1.165, 1.54) is 0 Å². The molecule has 1 heterocycles. The third-order valence-corrected chi connectivity index (χ3v) is 2.85. The number of anilines is 1. The van der Waals surface area contributed by atoms with Gasteiger partial charge < -0.3 is 11.5 Å². The van der Waals surface area contributed by atoms with E-state index in [9.17, 15) is 4.79 Å². The highest BCUT2D eigenvalue weighted by atomic mass is 32.1. The van der Waals surface area contributed by atoms with Gasteiger partial charge in [-0.2, -0.15) is 0 Å². The summed E-state index contributed by atoms with van der Waals surface area (Å²) in [6.07, 6.45) is 0.451. The predicted molar refractivity (Wildman–Crippen MR) is 68.1 cm³/mol. The summed E-state index contributed by atoms with van der Waals surface area (Å²) in [5.41, 5.74) is 0.846. The molecule has 2 aromatic rings. The van der Waals surface area contributed by atoms with Crippen molar-refractivity contribution >= 4 is 22.9 Å². The van der Waals surface area contributed by atoms with Crippen molar-refractivity contribution < 1.29 is 4.79 Å². The molecule has 16 heavy (non-hydrogen) atoms. The Labute approximate surface area is 98.7 Å². The summed E-state index contributed by atoms with van der Waals surface area (Å²) >= 11 is 1.60. The first-order chi connectivity index (χ1) is 7.34. The molecule has 0 fully saturated rings. The molecule has 84 valence electrons. The Morgan fingerprint density at radius 3 is 2.50 bits per heavy atom. The van der Waals surface area contributed by atoms with Crippen LogP contribution in [-0.4, -0.2) is 5.91 Å². The summed E-state index contributed by atoms with van der Waals surface area (Å²) in [7, 11) is 0. The molecule has 1 amide bonds. The van der Waals surface area contributed by atoms with E-state index in [1.54, 1.807) is 11.3 Å². The van der Waals surface area contributed by atoms with Gasteiger partial charge in [-0.05, 0) is 23.6 Å². The number of carbonyl (C=O) groups is 1. The van der Waals surface area contributed by atoms with Crippen molar-refractivity contribution in [1.29, 1.82) is 0 Å². The zero-order valence-corrected chi connectivity index (χ0v) is 9.67. The van der Waals surface area contributed by atoms with E-state index in [0.29, 0.717) is 6.42 Å². The zero-order valence-electron chi connectivity index (χ0n) is 8.85. The number of para-hydroxylation sites is 1. The summed E-state index contributed by atoms with van der Waals surface area (Å²) < 4.78 is 0. The van der Waals surface area contributed by atoms with Crippen LogP contribution in [0, 0.1) is 0 Å². The molecule has 4 N–H and O–H groups in total. The monoisotopic (exact) mass is 234 g/mol. The number of hydrogen-bond acceptors (Lipinski definition) is 3. The van der Waals surface area contributed by atoms with Crippen LogP contribution < -0.4 is 11.5 Å². The van der Waals surface area contributed by atoms with Gasteiger partial charge in [-0.1, -0.05) is 24.3 Å². The Kier molecular flexibility index (Phi) is 4.69. The smallest absolute Gasteiger partial charge is 0.229 e. The Hall–Kier alpha value is -1.65. The SMILES string of the molecule is N.O=C(Cc1cccs1)Nc1ccccc1. The largest absolute Gasteiger partial charge is 0.344 e. The van der Waals surface area contributed by atoms with Gasteiger partial charge in [-0.3, -0.25) is 4.79 Å². The van der Waals surface area contributed by atoms with Gasteiger partial charge in [-0.15, -0.1) is 11.3 Å². The highest BCUT2D eigenvalue weighted by Crippen LogP contribution is 2.11. The molecule has 0 aliphatic carbocycles. The molecule has 1 aromatic heterocycles. The molecule has 0 radical (unpaired) electrons. The van der Waals surface area contributed by atoms with Crippen LogP contribution in [0.25, 0.3) is 0 Å². The van der Waals surface area contributed by atoms with E-state index in [-0.39, 0.29) is 12.1 Å². The second-order valence-electron chi connectivity index (χ2n) is 3.17. The van der Waals surface area contributed by atoms with Crippen LogP contribution in [0.3, 0.4) is 0 Å². The maximum absolute atomic E-state index is 11.6. The molecule has 0 aliphatic heterocycles. The molecule has 2 rings (SSSR count). The number of carbonyl (C=O) groups excluding carboxylic acids is 1. The summed E-state index contributed by atoms with van der Waals surface area (Å²) in [4.78, 5) is 12.7. The van der Waals surface area contributed by atoms with E-state index in [4.69, 9.17) is 0 Å². The lowest BCUT2D eigenvalue weighted by Crippen LogP contribution is -2.13. The highest BCUT2D eigenvalue weighted by molar-refractivity contribution is 7.10. The summed E-state index contributed by atoms with van der Waals surface area (Å²) in [6, 6.07) is 13.4. The van der Waals surface area contributed by atoms with Crippen molar-refractivity contribution in [3.05, 3.63) is 52.7 Å². The van der Waals surface area contributed by atoms with Crippen LogP contribution in [-0.2, 0) is 11.2 Å². The molecule has 0 saturated heterocycles. The maximum atomic E-state index is 11.6. The number of rotatable bonds is 3. The van der Waals surface area contributed by atoms with Gasteiger partial charge in [0.05, 0.1) is 6.42 Å². The number of amides is 1. The van der Waals surface area contributed by atoms with E-state index in [2.05, 4.69) is 5.32 Å². The quantitative estimate of drug-likeness (QED) is 0.857. The van der Waals surface area contributed by atoms with E-state index in [0.717, 1.165) is 10.6 Å². The van der Waals surface area contributed by atoms with Crippen molar-refractivity contribution in [2.75, 3.05) is 5.32 Å². The van der Waals surface area contributed by atoms with Crippen LogP contribution in [0.15, 0.2) is 47.8 Å². The van der Waals surface area contributed by atoms with Gasteiger partial charge in [0.25, 0.3) is 0 Å². The van der Waals surface area contributed by atoms with Crippen molar-refractivity contribution in [2.24, 2.45) is 0 Å². The molecule has 0 aliphatic rings.